The Balaban J connectivity index is 1.86. The SMILES string of the molecule is CC(C)(NC(=O)Cn1nc(-c2ccc(Cl)cc2)n(CC#N)c1=O)c1cccc(C(F)(F)F)c1. The lowest BCUT2D eigenvalue weighted by Gasteiger charge is -2.27. The van der Waals surface area contributed by atoms with E-state index in [1.54, 1.807) is 38.1 Å². The first kappa shape index (κ1) is 24.1. The van der Waals surface area contributed by atoms with Crippen molar-refractivity contribution in [1.82, 2.24) is 19.7 Å². The number of rotatable bonds is 6. The second-order valence-corrected chi connectivity index (χ2v) is 8.20. The number of hydrogen-bond donors (Lipinski definition) is 1. The minimum atomic E-state index is -4.52. The number of benzene rings is 2. The van der Waals surface area contributed by atoms with Crippen LogP contribution in [0.1, 0.15) is 25.0 Å². The number of nitrogens with one attached hydrogen (secondary N) is 1. The van der Waals surface area contributed by atoms with Crippen molar-refractivity contribution in [3.05, 3.63) is 75.2 Å². The molecule has 0 unspecified atom stereocenters. The van der Waals surface area contributed by atoms with Gasteiger partial charge in [-0.05, 0) is 55.8 Å². The summed E-state index contributed by atoms with van der Waals surface area (Å²) < 4.78 is 41.2. The minimum absolute atomic E-state index is 0.183. The van der Waals surface area contributed by atoms with Crippen LogP contribution in [0.2, 0.25) is 5.02 Å². The number of nitriles is 1. The van der Waals surface area contributed by atoms with Crippen LogP contribution in [0.5, 0.6) is 0 Å². The van der Waals surface area contributed by atoms with Gasteiger partial charge in [0.2, 0.25) is 5.91 Å². The van der Waals surface area contributed by atoms with Gasteiger partial charge in [0.1, 0.15) is 13.1 Å². The molecule has 1 aromatic heterocycles. The predicted octanol–water partition coefficient (Wildman–Crippen LogP) is 3.96. The summed E-state index contributed by atoms with van der Waals surface area (Å²) in [6.45, 7) is 2.33. The Morgan fingerprint density at radius 3 is 2.39 bits per heavy atom. The topological polar surface area (TPSA) is 92.7 Å². The summed E-state index contributed by atoms with van der Waals surface area (Å²) >= 11 is 5.89. The highest BCUT2D eigenvalue weighted by molar-refractivity contribution is 6.30. The molecule has 11 heteroatoms. The maximum Gasteiger partial charge on any atom is 0.416 e. The molecule has 33 heavy (non-hydrogen) atoms. The quantitative estimate of drug-likeness (QED) is 0.581. The van der Waals surface area contributed by atoms with Gasteiger partial charge in [0.25, 0.3) is 0 Å². The molecular formula is C22H19ClF3N5O2. The number of hydrogen-bond acceptors (Lipinski definition) is 4. The molecule has 3 rings (SSSR count). The molecule has 0 spiro atoms. The molecule has 1 heterocycles. The molecule has 0 saturated heterocycles. The van der Waals surface area contributed by atoms with Crippen molar-refractivity contribution in [2.24, 2.45) is 0 Å². The number of amides is 1. The zero-order valence-electron chi connectivity index (χ0n) is 17.7. The Bertz CT molecular complexity index is 1270. The number of aromatic nitrogens is 3. The zero-order chi connectivity index (χ0) is 24.4. The van der Waals surface area contributed by atoms with Gasteiger partial charge >= 0.3 is 11.9 Å². The van der Waals surface area contributed by atoms with Crippen molar-refractivity contribution in [3.63, 3.8) is 0 Å². The molecule has 0 aliphatic rings. The third-order valence-electron chi connectivity index (χ3n) is 4.91. The van der Waals surface area contributed by atoms with Gasteiger partial charge in [-0.3, -0.25) is 9.36 Å². The third kappa shape index (κ3) is 5.43. The predicted molar refractivity (Wildman–Crippen MR) is 115 cm³/mol. The number of carbonyl (C=O) groups is 1. The Kier molecular flexibility index (Phi) is 6.65. The number of carbonyl (C=O) groups excluding carboxylic acids is 1. The van der Waals surface area contributed by atoms with Crippen molar-refractivity contribution in [2.75, 3.05) is 0 Å². The second kappa shape index (κ2) is 9.11. The first-order valence-corrected chi connectivity index (χ1v) is 10.1. The van der Waals surface area contributed by atoms with Crippen LogP contribution in [0.25, 0.3) is 11.4 Å². The summed E-state index contributed by atoms with van der Waals surface area (Å²) in [5.74, 6) is -0.452. The van der Waals surface area contributed by atoms with Crippen LogP contribution >= 0.6 is 11.6 Å². The number of nitrogens with zero attached hydrogens (tertiary/aromatic N) is 4. The van der Waals surface area contributed by atoms with Gasteiger partial charge in [-0.2, -0.15) is 18.4 Å². The lowest BCUT2D eigenvalue weighted by atomic mass is 9.92. The molecule has 0 atom stereocenters. The summed E-state index contributed by atoms with van der Waals surface area (Å²) in [6, 6.07) is 13.0. The zero-order valence-corrected chi connectivity index (χ0v) is 18.4. The molecule has 0 radical (unpaired) electrons. The van der Waals surface area contributed by atoms with E-state index < -0.39 is 35.4 Å². The van der Waals surface area contributed by atoms with E-state index in [0.717, 1.165) is 21.4 Å². The van der Waals surface area contributed by atoms with E-state index in [1.165, 1.54) is 12.1 Å². The summed E-state index contributed by atoms with van der Waals surface area (Å²) in [5.41, 5.74) is -1.89. The fourth-order valence-corrected chi connectivity index (χ4v) is 3.38. The van der Waals surface area contributed by atoms with Crippen molar-refractivity contribution in [1.29, 1.82) is 5.26 Å². The van der Waals surface area contributed by atoms with E-state index in [2.05, 4.69) is 10.4 Å². The first-order valence-electron chi connectivity index (χ1n) is 9.71. The van der Waals surface area contributed by atoms with Gasteiger partial charge < -0.3 is 5.32 Å². The van der Waals surface area contributed by atoms with Gasteiger partial charge in [0, 0.05) is 10.6 Å². The highest BCUT2D eigenvalue weighted by atomic mass is 35.5. The van der Waals surface area contributed by atoms with E-state index in [9.17, 15) is 22.8 Å². The third-order valence-corrected chi connectivity index (χ3v) is 5.16. The largest absolute Gasteiger partial charge is 0.416 e. The van der Waals surface area contributed by atoms with Crippen LogP contribution in [-0.2, 0) is 29.6 Å². The van der Waals surface area contributed by atoms with Gasteiger partial charge in [0.15, 0.2) is 5.82 Å². The molecule has 3 aromatic rings. The van der Waals surface area contributed by atoms with Crippen molar-refractivity contribution in [3.8, 4) is 17.5 Å². The molecule has 2 aromatic carbocycles. The summed E-state index contributed by atoms with van der Waals surface area (Å²) in [6.07, 6.45) is -4.52. The van der Waals surface area contributed by atoms with Gasteiger partial charge in [-0.25, -0.2) is 9.48 Å². The fourth-order valence-electron chi connectivity index (χ4n) is 3.25. The average Bonchev–Trinajstić information content (AvgIpc) is 3.03. The Morgan fingerprint density at radius 2 is 1.79 bits per heavy atom. The Labute approximate surface area is 192 Å². The number of alkyl halides is 3. The molecule has 0 aliphatic carbocycles. The molecule has 0 bridgehead atoms. The molecule has 1 N–H and O–H groups in total. The summed E-state index contributed by atoms with van der Waals surface area (Å²) in [7, 11) is 0. The highest BCUT2D eigenvalue weighted by Crippen LogP contribution is 2.32. The monoisotopic (exact) mass is 477 g/mol. The van der Waals surface area contributed by atoms with Gasteiger partial charge in [-0.1, -0.05) is 23.7 Å². The summed E-state index contributed by atoms with van der Waals surface area (Å²) in [4.78, 5) is 25.4. The molecule has 0 fully saturated rings. The Hall–Kier alpha value is -3.58. The van der Waals surface area contributed by atoms with Crippen LogP contribution in [-0.4, -0.2) is 20.3 Å². The van der Waals surface area contributed by atoms with Crippen LogP contribution in [0.3, 0.4) is 0 Å². The lowest BCUT2D eigenvalue weighted by molar-refractivity contribution is -0.137. The molecule has 7 nitrogen and oxygen atoms in total. The van der Waals surface area contributed by atoms with Crippen LogP contribution < -0.4 is 11.0 Å². The summed E-state index contributed by atoms with van der Waals surface area (Å²) in [5, 5.41) is 16.4. The molecule has 0 saturated carbocycles. The van der Waals surface area contributed by atoms with Crippen molar-refractivity contribution in [2.45, 2.75) is 38.7 Å². The molecular weight excluding hydrogens is 459 g/mol. The normalized spacial score (nSPS) is 11.8. The van der Waals surface area contributed by atoms with Gasteiger partial charge in [0.05, 0.1) is 17.2 Å². The minimum Gasteiger partial charge on any atom is -0.346 e. The van der Waals surface area contributed by atoms with Crippen molar-refractivity contribution < 1.29 is 18.0 Å². The van der Waals surface area contributed by atoms with Crippen LogP contribution in [0, 0.1) is 11.3 Å². The average molecular weight is 478 g/mol. The molecule has 172 valence electrons. The van der Waals surface area contributed by atoms with E-state index in [1.807, 2.05) is 6.07 Å². The molecule has 1 amide bonds. The lowest BCUT2D eigenvalue weighted by Crippen LogP contribution is -2.44. The second-order valence-electron chi connectivity index (χ2n) is 7.77. The maximum absolute atomic E-state index is 13.0. The fraction of sp³-hybridized carbons (Fsp3) is 0.273. The van der Waals surface area contributed by atoms with E-state index in [-0.39, 0.29) is 17.9 Å². The van der Waals surface area contributed by atoms with E-state index >= 15 is 0 Å². The standard InChI is InChI=1S/C22H19ClF3N5O2/c1-21(2,15-4-3-5-16(12-15)22(24,25)26)28-18(32)13-31-20(33)30(11-10-27)19(29-31)14-6-8-17(23)9-7-14/h3-9,12H,11,13H2,1-2H3,(H,28,32). The van der Waals surface area contributed by atoms with E-state index in [0.29, 0.717) is 10.6 Å². The van der Waals surface area contributed by atoms with E-state index in [4.69, 9.17) is 16.9 Å². The highest BCUT2D eigenvalue weighted by Gasteiger charge is 2.32. The van der Waals surface area contributed by atoms with Crippen LogP contribution in [0.15, 0.2) is 53.3 Å². The van der Waals surface area contributed by atoms with Crippen molar-refractivity contribution >= 4 is 17.5 Å². The first-order chi connectivity index (χ1) is 15.4. The smallest absolute Gasteiger partial charge is 0.346 e. The maximum atomic E-state index is 13.0. The molecule has 0 aliphatic heterocycles. The Morgan fingerprint density at radius 1 is 1.15 bits per heavy atom. The van der Waals surface area contributed by atoms with Gasteiger partial charge in [-0.15, -0.1) is 5.10 Å². The number of halogens is 4. The van der Waals surface area contributed by atoms with Crippen LogP contribution in [0.4, 0.5) is 13.2 Å².